The van der Waals surface area contributed by atoms with E-state index in [-0.39, 0.29) is 17.7 Å². The van der Waals surface area contributed by atoms with Crippen molar-refractivity contribution in [3.8, 4) is 0 Å². The maximum atomic E-state index is 12.0. The Hall–Kier alpha value is -2.89. The van der Waals surface area contributed by atoms with Gasteiger partial charge < -0.3 is 9.52 Å². The number of carboxylic acids is 1. The van der Waals surface area contributed by atoms with Crippen molar-refractivity contribution < 1.29 is 14.3 Å². The van der Waals surface area contributed by atoms with Crippen LogP contribution in [0.2, 0.25) is 0 Å². The summed E-state index contributed by atoms with van der Waals surface area (Å²) < 4.78 is 6.93. The van der Waals surface area contributed by atoms with Gasteiger partial charge in [0.15, 0.2) is 0 Å². The molecule has 0 aliphatic rings. The van der Waals surface area contributed by atoms with E-state index in [2.05, 4.69) is 4.98 Å². The van der Waals surface area contributed by atoms with Gasteiger partial charge in [0.2, 0.25) is 0 Å². The zero-order chi connectivity index (χ0) is 15.0. The summed E-state index contributed by atoms with van der Waals surface area (Å²) in [6, 6.07) is 8.69. The van der Waals surface area contributed by atoms with E-state index in [1.807, 2.05) is 12.1 Å². The van der Waals surface area contributed by atoms with E-state index in [9.17, 15) is 9.59 Å². The Morgan fingerprint density at radius 2 is 2.14 bits per heavy atom. The Kier molecular flexibility index (Phi) is 3.06. The number of fused-ring (bicyclic) bond motifs is 1. The van der Waals surface area contributed by atoms with Crippen molar-refractivity contribution >= 4 is 17.0 Å². The highest BCUT2D eigenvalue weighted by Gasteiger charge is 2.15. The largest absolute Gasteiger partial charge is 0.478 e. The van der Waals surface area contributed by atoms with Crippen LogP contribution in [0.25, 0.3) is 11.0 Å². The molecule has 0 amide bonds. The van der Waals surface area contributed by atoms with Gasteiger partial charge in [0.25, 0.3) is 5.56 Å². The fourth-order valence-electron chi connectivity index (χ4n) is 2.27. The van der Waals surface area contributed by atoms with Gasteiger partial charge in [-0.3, -0.25) is 9.36 Å². The first-order valence-corrected chi connectivity index (χ1v) is 6.33. The monoisotopic (exact) mass is 284 g/mol. The van der Waals surface area contributed by atoms with Gasteiger partial charge in [-0.15, -0.1) is 0 Å². The third-order valence-electron chi connectivity index (χ3n) is 3.27. The first-order chi connectivity index (χ1) is 10.1. The van der Waals surface area contributed by atoms with E-state index in [0.29, 0.717) is 22.6 Å². The number of para-hydroxylation sites is 2. The van der Waals surface area contributed by atoms with Crippen molar-refractivity contribution in [3.63, 3.8) is 0 Å². The van der Waals surface area contributed by atoms with Crippen molar-refractivity contribution in [2.45, 2.75) is 13.5 Å². The fraction of sp³-hybridized carbons (Fsp3) is 0.133. The molecule has 2 heterocycles. The standard InChI is InChI=1S/C15H12N2O4/c1-9-11(15(19)20)6-10(21-9)8-17-13-5-3-2-4-12(13)16-7-14(17)18/h2-7H,8H2,1H3,(H,19,20). The second-order valence-electron chi connectivity index (χ2n) is 4.66. The predicted molar refractivity (Wildman–Crippen MR) is 75.5 cm³/mol. The Balaban J connectivity index is 2.10. The summed E-state index contributed by atoms with van der Waals surface area (Å²) in [5.41, 5.74) is 1.21. The lowest BCUT2D eigenvalue weighted by Crippen LogP contribution is -2.20. The average Bonchev–Trinajstić information content (AvgIpc) is 2.83. The lowest BCUT2D eigenvalue weighted by atomic mass is 10.2. The van der Waals surface area contributed by atoms with Crippen LogP contribution in [-0.2, 0) is 6.54 Å². The molecule has 0 spiro atoms. The van der Waals surface area contributed by atoms with Gasteiger partial charge in [0.05, 0.1) is 23.8 Å². The molecule has 2 aromatic heterocycles. The van der Waals surface area contributed by atoms with E-state index >= 15 is 0 Å². The molecule has 6 nitrogen and oxygen atoms in total. The summed E-state index contributed by atoms with van der Waals surface area (Å²) in [4.78, 5) is 27.1. The lowest BCUT2D eigenvalue weighted by molar-refractivity contribution is 0.0695. The number of rotatable bonds is 3. The highest BCUT2D eigenvalue weighted by molar-refractivity contribution is 5.88. The molecule has 106 valence electrons. The molecule has 0 radical (unpaired) electrons. The Morgan fingerprint density at radius 3 is 2.86 bits per heavy atom. The van der Waals surface area contributed by atoms with Crippen LogP contribution in [0.3, 0.4) is 0 Å². The number of furan rings is 1. The average molecular weight is 284 g/mol. The first-order valence-electron chi connectivity index (χ1n) is 6.33. The minimum atomic E-state index is -1.05. The van der Waals surface area contributed by atoms with Gasteiger partial charge in [-0.2, -0.15) is 0 Å². The minimum absolute atomic E-state index is 0.108. The SMILES string of the molecule is Cc1oc(Cn2c(=O)cnc3ccccc32)cc1C(=O)O. The molecule has 3 aromatic rings. The fourth-order valence-corrected chi connectivity index (χ4v) is 2.27. The van der Waals surface area contributed by atoms with Gasteiger partial charge in [-0.25, -0.2) is 9.78 Å². The van der Waals surface area contributed by atoms with Crippen LogP contribution in [0, 0.1) is 6.92 Å². The molecule has 0 saturated heterocycles. The van der Waals surface area contributed by atoms with Gasteiger partial charge in [-0.05, 0) is 25.1 Å². The maximum Gasteiger partial charge on any atom is 0.339 e. The Morgan fingerprint density at radius 1 is 1.38 bits per heavy atom. The highest BCUT2D eigenvalue weighted by Crippen LogP contribution is 2.17. The molecule has 1 N–H and O–H groups in total. The summed E-state index contributed by atoms with van der Waals surface area (Å²) in [6.45, 7) is 1.75. The van der Waals surface area contributed by atoms with Gasteiger partial charge in [0, 0.05) is 0 Å². The summed E-state index contributed by atoms with van der Waals surface area (Å²) in [6.07, 6.45) is 1.25. The smallest absolute Gasteiger partial charge is 0.339 e. The molecule has 6 heteroatoms. The molecule has 0 fully saturated rings. The molecule has 0 saturated carbocycles. The molecule has 21 heavy (non-hydrogen) atoms. The number of nitrogens with zero attached hydrogens (tertiary/aromatic N) is 2. The molecule has 0 bridgehead atoms. The number of carbonyl (C=O) groups is 1. The van der Waals surface area contributed by atoms with Crippen molar-refractivity contribution in [2.75, 3.05) is 0 Å². The van der Waals surface area contributed by atoms with E-state index in [1.54, 1.807) is 19.1 Å². The van der Waals surface area contributed by atoms with Crippen LogP contribution in [0.1, 0.15) is 21.9 Å². The topological polar surface area (TPSA) is 85.3 Å². The van der Waals surface area contributed by atoms with Gasteiger partial charge in [-0.1, -0.05) is 12.1 Å². The van der Waals surface area contributed by atoms with Crippen LogP contribution in [-0.4, -0.2) is 20.6 Å². The van der Waals surface area contributed by atoms with Crippen molar-refractivity contribution in [3.05, 3.63) is 64.0 Å². The molecular formula is C15H12N2O4. The van der Waals surface area contributed by atoms with E-state index < -0.39 is 5.97 Å². The maximum absolute atomic E-state index is 12.0. The summed E-state index contributed by atoms with van der Waals surface area (Å²) in [5, 5.41) is 9.03. The minimum Gasteiger partial charge on any atom is -0.478 e. The molecule has 0 atom stereocenters. The van der Waals surface area contributed by atoms with Gasteiger partial charge >= 0.3 is 5.97 Å². The summed E-state index contributed by atoms with van der Waals surface area (Å²) in [5.74, 6) is -0.304. The second kappa shape index (κ2) is 4.90. The summed E-state index contributed by atoms with van der Waals surface area (Å²) in [7, 11) is 0. The molecule has 0 aliphatic heterocycles. The van der Waals surface area contributed by atoms with Crippen LogP contribution in [0.15, 0.2) is 45.7 Å². The predicted octanol–water partition coefficient (Wildman–Crippen LogP) is 2.04. The molecule has 0 unspecified atom stereocenters. The highest BCUT2D eigenvalue weighted by atomic mass is 16.4. The van der Waals surface area contributed by atoms with Crippen LogP contribution >= 0.6 is 0 Å². The number of aromatic nitrogens is 2. The number of hydrogen-bond acceptors (Lipinski definition) is 4. The van der Waals surface area contributed by atoms with Gasteiger partial charge in [0.1, 0.15) is 17.1 Å². The molecule has 0 aliphatic carbocycles. The zero-order valence-corrected chi connectivity index (χ0v) is 11.2. The van der Waals surface area contributed by atoms with Crippen LogP contribution in [0.5, 0.6) is 0 Å². The number of aryl methyl sites for hydroxylation is 1. The normalized spacial score (nSPS) is 10.9. The van der Waals surface area contributed by atoms with Crippen molar-refractivity contribution in [2.24, 2.45) is 0 Å². The van der Waals surface area contributed by atoms with Crippen LogP contribution < -0.4 is 5.56 Å². The number of aromatic carboxylic acids is 1. The van der Waals surface area contributed by atoms with Crippen molar-refractivity contribution in [1.29, 1.82) is 0 Å². The Bertz CT molecular complexity index is 892. The van der Waals surface area contributed by atoms with E-state index in [0.717, 1.165) is 0 Å². The number of hydrogen-bond donors (Lipinski definition) is 1. The Labute approximate surface area is 119 Å². The first kappa shape index (κ1) is 13.1. The zero-order valence-electron chi connectivity index (χ0n) is 11.2. The van der Waals surface area contributed by atoms with E-state index in [4.69, 9.17) is 9.52 Å². The number of carboxylic acid groups (broad SMARTS) is 1. The second-order valence-corrected chi connectivity index (χ2v) is 4.66. The molecule has 1 aromatic carbocycles. The quantitative estimate of drug-likeness (QED) is 0.795. The van der Waals surface area contributed by atoms with E-state index in [1.165, 1.54) is 16.8 Å². The summed E-state index contributed by atoms with van der Waals surface area (Å²) >= 11 is 0. The van der Waals surface area contributed by atoms with Crippen LogP contribution in [0.4, 0.5) is 0 Å². The molecule has 3 rings (SSSR count). The third kappa shape index (κ3) is 2.31. The number of benzene rings is 1. The third-order valence-corrected chi connectivity index (χ3v) is 3.27. The molecular weight excluding hydrogens is 272 g/mol. The lowest BCUT2D eigenvalue weighted by Gasteiger charge is -2.07. The van der Waals surface area contributed by atoms with Crippen molar-refractivity contribution in [1.82, 2.24) is 9.55 Å².